The van der Waals surface area contributed by atoms with E-state index in [1.165, 1.54) is 16.0 Å². The van der Waals surface area contributed by atoms with E-state index in [9.17, 15) is 10.1 Å². The van der Waals surface area contributed by atoms with Crippen LogP contribution in [-0.2, 0) is 6.54 Å². The molecule has 0 fully saturated rings. The molecular weight excluding hydrogens is 252 g/mol. The number of nitrogens with zero attached hydrogens (tertiary/aromatic N) is 3. The van der Waals surface area contributed by atoms with Crippen LogP contribution in [0.15, 0.2) is 18.3 Å². The van der Waals surface area contributed by atoms with E-state index in [2.05, 4.69) is 5.10 Å². The van der Waals surface area contributed by atoms with Gasteiger partial charge in [0.05, 0.1) is 15.8 Å². The van der Waals surface area contributed by atoms with E-state index in [1.807, 2.05) is 6.07 Å². The lowest BCUT2D eigenvalue weighted by atomic mass is 10.4. The van der Waals surface area contributed by atoms with E-state index in [0.717, 1.165) is 11.1 Å². The third kappa shape index (κ3) is 2.00. The Hall–Kier alpha value is -1.60. The van der Waals surface area contributed by atoms with Crippen molar-refractivity contribution in [2.24, 2.45) is 0 Å². The maximum absolute atomic E-state index is 10.5. The van der Waals surface area contributed by atoms with Crippen molar-refractivity contribution in [2.75, 3.05) is 5.73 Å². The molecule has 0 amide bonds. The van der Waals surface area contributed by atoms with Gasteiger partial charge in [0.2, 0.25) is 5.82 Å². The SMILES string of the molecule is Nc1c([N+](=O)[O-])cnn1Cc1ccc(Cl)s1. The first-order chi connectivity index (χ1) is 7.58. The number of nitro groups is 1. The average Bonchev–Trinajstić information content (AvgIpc) is 2.76. The third-order valence-electron chi connectivity index (χ3n) is 1.99. The average molecular weight is 259 g/mol. The Bertz CT molecular complexity index is 536. The molecule has 0 atom stereocenters. The number of hydrogen-bond acceptors (Lipinski definition) is 5. The molecule has 2 aromatic rings. The van der Waals surface area contributed by atoms with Crippen LogP contribution >= 0.6 is 22.9 Å². The summed E-state index contributed by atoms with van der Waals surface area (Å²) in [6.07, 6.45) is 1.14. The predicted octanol–water partition coefficient (Wildman–Crippen LogP) is 2.14. The molecule has 2 N–H and O–H groups in total. The molecule has 0 saturated heterocycles. The summed E-state index contributed by atoms with van der Waals surface area (Å²) in [4.78, 5) is 10.9. The Morgan fingerprint density at radius 2 is 2.38 bits per heavy atom. The van der Waals surface area contributed by atoms with Gasteiger partial charge < -0.3 is 5.73 Å². The van der Waals surface area contributed by atoms with Crippen molar-refractivity contribution in [3.63, 3.8) is 0 Å². The van der Waals surface area contributed by atoms with Crippen LogP contribution in [-0.4, -0.2) is 14.7 Å². The summed E-state index contributed by atoms with van der Waals surface area (Å²) in [5.74, 6) is 0.0505. The van der Waals surface area contributed by atoms with Crippen molar-refractivity contribution in [3.8, 4) is 0 Å². The minimum Gasteiger partial charge on any atom is -0.378 e. The molecule has 0 spiro atoms. The maximum Gasteiger partial charge on any atom is 0.330 e. The van der Waals surface area contributed by atoms with Gasteiger partial charge in [-0.1, -0.05) is 11.6 Å². The summed E-state index contributed by atoms with van der Waals surface area (Å²) in [7, 11) is 0. The van der Waals surface area contributed by atoms with Crippen LogP contribution in [0, 0.1) is 10.1 Å². The second kappa shape index (κ2) is 4.11. The monoisotopic (exact) mass is 258 g/mol. The lowest BCUT2D eigenvalue weighted by Crippen LogP contribution is -2.05. The molecule has 2 rings (SSSR count). The molecule has 0 radical (unpaired) electrons. The normalized spacial score (nSPS) is 10.6. The van der Waals surface area contributed by atoms with Gasteiger partial charge in [-0.2, -0.15) is 5.10 Å². The molecule has 16 heavy (non-hydrogen) atoms. The van der Waals surface area contributed by atoms with Gasteiger partial charge in [0.15, 0.2) is 0 Å². The molecule has 2 aromatic heterocycles. The topological polar surface area (TPSA) is 87.0 Å². The van der Waals surface area contributed by atoms with Gasteiger partial charge in [0.25, 0.3) is 0 Å². The minimum absolute atomic E-state index is 0.0505. The summed E-state index contributed by atoms with van der Waals surface area (Å²) in [5, 5.41) is 14.4. The summed E-state index contributed by atoms with van der Waals surface area (Å²) in [6.45, 7) is 0.386. The van der Waals surface area contributed by atoms with E-state index in [0.29, 0.717) is 10.9 Å². The first-order valence-corrected chi connectivity index (χ1v) is 5.47. The van der Waals surface area contributed by atoms with E-state index in [-0.39, 0.29) is 11.5 Å². The van der Waals surface area contributed by atoms with Crippen molar-refractivity contribution in [1.82, 2.24) is 9.78 Å². The van der Waals surface area contributed by atoms with Gasteiger partial charge in [0.1, 0.15) is 6.20 Å². The van der Waals surface area contributed by atoms with Crippen LogP contribution in [0.3, 0.4) is 0 Å². The highest BCUT2D eigenvalue weighted by atomic mass is 35.5. The van der Waals surface area contributed by atoms with Crippen LogP contribution in [0.1, 0.15) is 4.88 Å². The van der Waals surface area contributed by atoms with E-state index in [1.54, 1.807) is 6.07 Å². The van der Waals surface area contributed by atoms with Gasteiger partial charge in [-0.05, 0) is 12.1 Å². The van der Waals surface area contributed by atoms with Gasteiger partial charge >= 0.3 is 5.69 Å². The Labute approximate surface area is 99.4 Å². The number of thiophene rings is 1. The Morgan fingerprint density at radius 3 is 2.88 bits per heavy atom. The molecule has 0 aliphatic rings. The number of nitrogens with two attached hydrogens (primary N) is 1. The standard InChI is InChI=1S/C8H7ClN4O2S/c9-7-2-1-5(16-7)4-12-8(10)6(3-11-12)13(14)15/h1-3H,4,10H2. The molecule has 8 heteroatoms. The molecule has 0 unspecified atom stereocenters. The van der Waals surface area contributed by atoms with Gasteiger partial charge in [-0.25, -0.2) is 4.68 Å². The second-order valence-electron chi connectivity index (χ2n) is 3.04. The van der Waals surface area contributed by atoms with Crippen molar-refractivity contribution in [1.29, 1.82) is 0 Å². The highest BCUT2D eigenvalue weighted by Crippen LogP contribution is 2.25. The molecule has 0 aliphatic heterocycles. The molecule has 6 nitrogen and oxygen atoms in total. The lowest BCUT2D eigenvalue weighted by molar-refractivity contribution is -0.384. The number of rotatable bonds is 3. The zero-order valence-corrected chi connectivity index (χ0v) is 9.53. The fourth-order valence-electron chi connectivity index (χ4n) is 1.24. The summed E-state index contributed by atoms with van der Waals surface area (Å²) >= 11 is 7.16. The van der Waals surface area contributed by atoms with Crippen molar-refractivity contribution < 1.29 is 4.92 Å². The highest BCUT2D eigenvalue weighted by molar-refractivity contribution is 7.16. The number of aromatic nitrogens is 2. The fraction of sp³-hybridized carbons (Fsp3) is 0.125. The number of nitrogen functional groups attached to an aromatic ring is 1. The van der Waals surface area contributed by atoms with Gasteiger partial charge in [0, 0.05) is 4.88 Å². The predicted molar refractivity (Wildman–Crippen MR) is 61.7 cm³/mol. The second-order valence-corrected chi connectivity index (χ2v) is 4.84. The van der Waals surface area contributed by atoms with Crippen LogP contribution in [0.2, 0.25) is 4.34 Å². The molecule has 2 heterocycles. The van der Waals surface area contributed by atoms with E-state index < -0.39 is 4.92 Å². The molecule has 0 aliphatic carbocycles. The summed E-state index contributed by atoms with van der Waals surface area (Å²) < 4.78 is 2.04. The Balaban J connectivity index is 2.25. The molecule has 0 aromatic carbocycles. The molecular formula is C8H7ClN4O2S. The number of hydrogen-bond donors (Lipinski definition) is 1. The van der Waals surface area contributed by atoms with Crippen molar-refractivity contribution >= 4 is 34.4 Å². The quantitative estimate of drug-likeness (QED) is 0.675. The highest BCUT2D eigenvalue weighted by Gasteiger charge is 2.17. The van der Waals surface area contributed by atoms with Crippen LogP contribution in [0.4, 0.5) is 11.5 Å². The van der Waals surface area contributed by atoms with Crippen LogP contribution in [0.25, 0.3) is 0 Å². The molecule has 0 bridgehead atoms. The van der Waals surface area contributed by atoms with Crippen LogP contribution < -0.4 is 5.73 Å². The van der Waals surface area contributed by atoms with Crippen molar-refractivity contribution in [2.45, 2.75) is 6.54 Å². The smallest absolute Gasteiger partial charge is 0.330 e. The summed E-state index contributed by atoms with van der Waals surface area (Å²) in [6, 6.07) is 3.59. The van der Waals surface area contributed by atoms with Gasteiger partial charge in [-0.3, -0.25) is 10.1 Å². The first kappa shape index (κ1) is 10.9. The zero-order valence-electron chi connectivity index (χ0n) is 7.96. The largest absolute Gasteiger partial charge is 0.378 e. The number of halogens is 1. The fourth-order valence-corrected chi connectivity index (χ4v) is 2.31. The number of anilines is 1. The Morgan fingerprint density at radius 1 is 1.62 bits per heavy atom. The Kier molecular flexibility index (Phi) is 2.80. The molecule has 0 saturated carbocycles. The van der Waals surface area contributed by atoms with E-state index >= 15 is 0 Å². The zero-order chi connectivity index (χ0) is 11.7. The van der Waals surface area contributed by atoms with Gasteiger partial charge in [-0.15, -0.1) is 11.3 Å². The first-order valence-electron chi connectivity index (χ1n) is 4.28. The summed E-state index contributed by atoms with van der Waals surface area (Å²) in [5.41, 5.74) is 5.41. The van der Waals surface area contributed by atoms with E-state index in [4.69, 9.17) is 17.3 Å². The van der Waals surface area contributed by atoms with Crippen molar-refractivity contribution in [3.05, 3.63) is 37.7 Å². The van der Waals surface area contributed by atoms with Crippen LogP contribution in [0.5, 0.6) is 0 Å². The minimum atomic E-state index is -0.555. The molecule has 84 valence electrons. The lowest BCUT2D eigenvalue weighted by Gasteiger charge is -1.99. The third-order valence-corrected chi connectivity index (χ3v) is 3.21. The maximum atomic E-state index is 10.5.